The molecule has 0 saturated carbocycles. The van der Waals surface area contributed by atoms with E-state index in [-0.39, 0.29) is 24.0 Å². The number of aryl methyl sites for hydroxylation is 1. The van der Waals surface area contributed by atoms with E-state index in [0.29, 0.717) is 24.3 Å². The van der Waals surface area contributed by atoms with Crippen molar-refractivity contribution in [1.29, 1.82) is 0 Å². The number of likely N-dealkylation sites (tertiary alicyclic amines) is 1. The Morgan fingerprint density at radius 2 is 2.03 bits per heavy atom. The number of hydrogen-bond acceptors (Lipinski definition) is 5. The Hall–Kier alpha value is -2.44. The predicted octanol–water partition coefficient (Wildman–Crippen LogP) is 4.79. The second kappa shape index (κ2) is 12.0. The summed E-state index contributed by atoms with van der Waals surface area (Å²) >= 11 is 1.46. The molecule has 5 nitrogen and oxygen atoms in total. The first-order valence-corrected chi connectivity index (χ1v) is 12.2. The third kappa shape index (κ3) is 7.31. The van der Waals surface area contributed by atoms with Gasteiger partial charge >= 0.3 is 5.97 Å². The minimum Gasteiger partial charge on any atom is -0.459 e. The van der Waals surface area contributed by atoms with Gasteiger partial charge in [0.2, 0.25) is 5.91 Å². The van der Waals surface area contributed by atoms with Gasteiger partial charge < -0.3 is 14.7 Å². The van der Waals surface area contributed by atoms with Crippen molar-refractivity contribution >= 4 is 23.2 Å². The number of amides is 1. The van der Waals surface area contributed by atoms with E-state index < -0.39 is 6.10 Å². The standard InChI is InChI=1S/C26H33NO4S/c1-19(2)31-26(30)24-16-15-23(32-24)11-7-17-27-21(10-6-12-25(27)29)13-14-22(28)18-20-8-4-3-5-9-20/h3-5,8-9,13-16,19,21-22,28H,6-7,10-12,17-18H2,1-2H3. The summed E-state index contributed by atoms with van der Waals surface area (Å²) in [6.45, 7) is 4.35. The molecule has 3 rings (SSSR count). The van der Waals surface area contributed by atoms with Crippen LogP contribution in [-0.2, 0) is 22.4 Å². The van der Waals surface area contributed by atoms with Gasteiger partial charge in [-0.1, -0.05) is 42.5 Å². The van der Waals surface area contributed by atoms with Crippen LogP contribution in [0.3, 0.4) is 0 Å². The van der Waals surface area contributed by atoms with Crippen molar-refractivity contribution < 1.29 is 19.4 Å². The van der Waals surface area contributed by atoms with Crippen LogP contribution < -0.4 is 0 Å². The fourth-order valence-corrected chi connectivity index (χ4v) is 4.87. The molecule has 1 amide bonds. The van der Waals surface area contributed by atoms with Crippen molar-refractivity contribution in [2.45, 2.75) is 70.6 Å². The largest absolute Gasteiger partial charge is 0.459 e. The highest BCUT2D eigenvalue weighted by Gasteiger charge is 2.26. The van der Waals surface area contributed by atoms with Gasteiger partial charge in [0.05, 0.1) is 18.2 Å². The molecule has 1 aliphatic heterocycles. The molecule has 2 unspecified atom stereocenters. The van der Waals surface area contributed by atoms with Crippen molar-refractivity contribution in [1.82, 2.24) is 4.90 Å². The van der Waals surface area contributed by atoms with Crippen molar-refractivity contribution in [3.8, 4) is 0 Å². The van der Waals surface area contributed by atoms with E-state index >= 15 is 0 Å². The summed E-state index contributed by atoms with van der Waals surface area (Å²) in [5, 5.41) is 10.4. The van der Waals surface area contributed by atoms with E-state index in [9.17, 15) is 14.7 Å². The van der Waals surface area contributed by atoms with Gasteiger partial charge in [-0.05, 0) is 57.2 Å². The van der Waals surface area contributed by atoms with Crippen LogP contribution in [0, 0.1) is 0 Å². The number of nitrogens with zero attached hydrogens (tertiary/aromatic N) is 1. The molecule has 32 heavy (non-hydrogen) atoms. The SMILES string of the molecule is CC(C)OC(=O)c1ccc(CCCN2C(=O)CCCC2C=CC(O)Cc2ccccc2)s1. The molecule has 0 spiro atoms. The fourth-order valence-electron chi connectivity index (χ4n) is 3.94. The first-order valence-electron chi connectivity index (χ1n) is 11.4. The Bertz CT molecular complexity index is 906. The monoisotopic (exact) mass is 455 g/mol. The van der Waals surface area contributed by atoms with Crippen molar-refractivity contribution in [3.63, 3.8) is 0 Å². The highest BCUT2D eigenvalue weighted by Crippen LogP contribution is 2.23. The molecule has 1 saturated heterocycles. The van der Waals surface area contributed by atoms with Gasteiger partial charge in [0.1, 0.15) is 4.88 Å². The number of benzene rings is 1. The van der Waals surface area contributed by atoms with Crippen LogP contribution in [0.5, 0.6) is 0 Å². The maximum Gasteiger partial charge on any atom is 0.348 e. The molecule has 2 atom stereocenters. The smallest absolute Gasteiger partial charge is 0.348 e. The van der Waals surface area contributed by atoms with Crippen LogP contribution in [0.15, 0.2) is 54.6 Å². The summed E-state index contributed by atoms with van der Waals surface area (Å²) < 4.78 is 5.25. The summed E-state index contributed by atoms with van der Waals surface area (Å²) in [5.41, 5.74) is 1.09. The zero-order valence-corrected chi connectivity index (χ0v) is 19.7. The number of thiophene rings is 1. The fraction of sp³-hybridized carbons (Fsp3) is 0.462. The lowest BCUT2D eigenvalue weighted by molar-refractivity contribution is -0.135. The predicted molar refractivity (Wildman–Crippen MR) is 128 cm³/mol. The summed E-state index contributed by atoms with van der Waals surface area (Å²) in [6.07, 6.45) is 7.74. The zero-order chi connectivity index (χ0) is 22.9. The third-order valence-electron chi connectivity index (χ3n) is 5.48. The van der Waals surface area contributed by atoms with Crippen LogP contribution in [-0.4, -0.2) is 46.7 Å². The van der Waals surface area contributed by atoms with E-state index in [1.807, 2.05) is 73.4 Å². The summed E-state index contributed by atoms with van der Waals surface area (Å²) in [5.74, 6) is -0.0995. The van der Waals surface area contributed by atoms with Gasteiger partial charge in [-0.25, -0.2) is 4.79 Å². The maximum atomic E-state index is 12.5. The number of ether oxygens (including phenoxy) is 1. The second-order valence-corrected chi connectivity index (χ2v) is 9.68. The molecule has 1 aromatic carbocycles. The van der Waals surface area contributed by atoms with E-state index in [1.165, 1.54) is 11.3 Å². The zero-order valence-electron chi connectivity index (χ0n) is 18.9. The Balaban J connectivity index is 1.51. The molecular weight excluding hydrogens is 422 g/mol. The lowest BCUT2D eigenvalue weighted by atomic mass is 9.99. The number of hydrogen-bond donors (Lipinski definition) is 1. The summed E-state index contributed by atoms with van der Waals surface area (Å²) in [6, 6.07) is 13.7. The van der Waals surface area contributed by atoms with Crippen LogP contribution in [0.4, 0.5) is 0 Å². The number of carbonyl (C=O) groups is 2. The first kappa shape index (κ1) is 24.2. The highest BCUT2D eigenvalue weighted by molar-refractivity contribution is 7.13. The Morgan fingerprint density at radius 1 is 1.25 bits per heavy atom. The molecule has 1 N–H and O–H groups in total. The molecule has 0 aliphatic carbocycles. The van der Waals surface area contributed by atoms with Gasteiger partial charge in [0.15, 0.2) is 0 Å². The Labute approximate surface area is 194 Å². The molecule has 172 valence electrons. The summed E-state index contributed by atoms with van der Waals surface area (Å²) in [7, 11) is 0. The normalized spacial score (nSPS) is 17.8. The molecule has 0 bridgehead atoms. The molecule has 2 heterocycles. The van der Waals surface area contributed by atoms with Crippen molar-refractivity contribution in [3.05, 3.63) is 69.9 Å². The van der Waals surface area contributed by atoms with Gasteiger partial charge in [-0.3, -0.25) is 4.79 Å². The third-order valence-corrected chi connectivity index (χ3v) is 6.61. The van der Waals surface area contributed by atoms with Gasteiger partial charge in [0, 0.05) is 24.3 Å². The highest BCUT2D eigenvalue weighted by atomic mass is 32.1. The number of aliphatic hydroxyl groups is 1. The van der Waals surface area contributed by atoms with E-state index in [1.54, 1.807) is 0 Å². The van der Waals surface area contributed by atoms with Crippen LogP contribution in [0.1, 0.15) is 59.6 Å². The number of piperidine rings is 1. The molecular formula is C26H33NO4S. The number of rotatable bonds is 10. The Kier molecular flexibility index (Phi) is 9.06. The molecule has 1 fully saturated rings. The van der Waals surface area contributed by atoms with Crippen LogP contribution in [0.25, 0.3) is 0 Å². The molecule has 2 aromatic rings. The molecule has 1 aromatic heterocycles. The quantitative estimate of drug-likeness (QED) is 0.413. The molecule has 1 aliphatic rings. The number of carbonyl (C=O) groups excluding carboxylic acids is 2. The number of esters is 1. The van der Waals surface area contributed by atoms with Crippen molar-refractivity contribution in [2.24, 2.45) is 0 Å². The Morgan fingerprint density at radius 3 is 2.78 bits per heavy atom. The average Bonchev–Trinajstić information content (AvgIpc) is 3.23. The minimum absolute atomic E-state index is 0.0292. The molecule has 0 radical (unpaired) electrons. The summed E-state index contributed by atoms with van der Waals surface area (Å²) in [4.78, 5) is 28.3. The second-order valence-electron chi connectivity index (χ2n) is 8.51. The average molecular weight is 456 g/mol. The van der Waals surface area contributed by atoms with Gasteiger partial charge in [0.25, 0.3) is 0 Å². The number of aliphatic hydroxyl groups excluding tert-OH is 1. The minimum atomic E-state index is -0.564. The van der Waals surface area contributed by atoms with E-state index in [0.717, 1.165) is 36.1 Å². The van der Waals surface area contributed by atoms with Crippen LogP contribution in [0.2, 0.25) is 0 Å². The first-order chi connectivity index (χ1) is 15.4. The van der Waals surface area contributed by atoms with Gasteiger partial charge in [-0.2, -0.15) is 0 Å². The lowest BCUT2D eigenvalue weighted by Gasteiger charge is -2.34. The van der Waals surface area contributed by atoms with E-state index in [2.05, 4.69) is 0 Å². The topological polar surface area (TPSA) is 66.8 Å². The van der Waals surface area contributed by atoms with Crippen LogP contribution >= 0.6 is 11.3 Å². The maximum absolute atomic E-state index is 12.5. The van der Waals surface area contributed by atoms with Crippen molar-refractivity contribution in [2.75, 3.05) is 6.54 Å². The van der Waals surface area contributed by atoms with Gasteiger partial charge in [-0.15, -0.1) is 11.3 Å². The van der Waals surface area contributed by atoms with E-state index in [4.69, 9.17) is 4.74 Å². The molecule has 6 heteroatoms. The lowest BCUT2D eigenvalue weighted by Crippen LogP contribution is -2.43.